The highest BCUT2D eigenvalue weighted by molar-refractivity contribution is 7.92. The number of ether oxygens (including phenoxy) is 3. The molecule has 2 heterocycles. The molecule has 1 aliphatic carbocycles. The average Bonchev–Trinajstić information content (AvgIpc) is 3.11. The number of hydrogen-bond donors (Lipinski definition) is 3. The number of aryl methyl sites for hydroxylation is 1. The number of sulfonamides is 1. The highest BCUT2D eigenvalue weighted by Crippen LogP contribution is 2.42. The van der Waals surface area contributed by atoms with Crippen LogP contribution in [-0.4, -0.2) is 53.9 Å². The molecule has 2 aromatic carbocycles. The number of imidazole rings is 1. The van der Waals surface area contributed by atoms with E-state index < -0.39 is 10.0 Å². The summed E-state index contributed by atoms with van der Waals surface area (Å²) in [5.41, 5.74) is 0.893. The van der Waals surface area contributed by atoms with Gasteiger partial charge in [-0.15, -0.1) is 5.10 Å². The minimum absolute atomic E-state index is 0.0149. The van der Waals surface area contributed by atoms with E-state index in [2.05, 4.69) is 9.71 Å². The molecule has 0 bridgehead atoms. The number of anilines is 1. The van der Waals surface area contributed by atoms with Crippen molar-refractivity contribution in [3.63, 3.8) is 0 Å². The van der Waals surface area contributed by atoms with E-state index in [9.17, 15) is 18.3 Å². The molecule has 13 heteroatoms. The van der Waals surface area contributed by atoms with Crippen LogP contribution >= 0.6 is 0 Å². The van der Waals surface area contributed by atoms with Crippen molar-refractivity contribution in [1.82, 2.24) is 19.6 Å². The molecule has 12 nitrogen and oxygen atoms in total. The van der Waals surface area contributed by atoms with Crippen LogP contribution in [0, 0.1) is 6.92 Å². The van der Waals surface area contributed by atoms with Crippen LogP contribution in [0.4, 0.5) is 5.69 Å². The summed E-state index contributed by atoms with van der Waals surface area (Å²) in [4.78, 5) is 20.8. The molecule has 0 aliphatic heterocycles. The number of H-pyrrole nitrogens is 1. The van der Waals surface area contributed by atoms with Gasteiger partial charge in [0, 0.05) is 5.92 Å². The topological polar surface area (TPSA) is 157 Å². The van der Waals surface area contributed by atoms with Gasteiger partial charge in [-0.3, -0.25) is 9.52 Å². The Hall–Kier alpha value is -4.26. The van der Waals surface area contributed by atoms with Crippen LogP contribution in [0.3, 0.4) is 0 Å². The van der Waals surface area contributed by atoms with Gasteiger partial charge in [0.1, 0.15) is 11.6 Å². The summed E-state index contributed by atoms with van der Waals surface area (Å²) in [5.74, 6) is 1.11. The lowest BCUT2D eigenvalue weighted by atomic mass is 10.00. The van der Waals surface area contributed by atoms with Crippen LogP contribution in [0.15, 0.2) is 40.0 Å². The highest BCUT2D eigenvalue weighted by atomic mass is 32.2. The molecule has 0 saturated heterocycles. The number of fused-ring (bicyclic) bond motifs is 1. The van der Waals surface area contributed by atoms with Crippen molar-refractivity contribution in [1.29, 1.82) is 0 Å². The van der Waals surface area contributed by atoms with Crippen LogP contribution in [0.5, 0.6) is 23.0 Å². The fraction of sp³-hybridized carbons (Fsp3) is 0.414. The van der Waals surface area contributed by atoms with Crippen molar-refractivity contribution < 1.29 is 27.7 Å². The van der Waals surface area contributed by atoms with Gasteiger partial charge in [0.05, 0.1) is 42.7 Å². The molecule has 0 radical (unpaired) electrons. The largest absolute Gasteiger partial charge is 0.502 e. The SMILES string of the molecule is CCOc1ccc(S(=O)(=O)Nc2ccc(OC)c(O)c2OC)cc1-c1nn2c(C3CCCCCC3)nc(C)c2c(=O)[nH]1. The van der Waals surface area contributed by atoms with E-state index in [4.69, 9.17) is 24.3 Å². The van der Waals surface area contributed by atoms with Crippen molar-refractivity contribution in [2.75, 3.05) is 25.5 Å². The Morgan fingerprint density at radius 1 is 1.07 bits per heavy atom. The Bertz CT molecular complexity index is 1770. The third kappa shape index (κ3) is 5.48. The highest BCUT2D eigenvalue weighted by Gasteiger charge is 2.26. The monoisotopic (exact) mass is 597 g/mol. The van der Waals surface area contributed by atoms with Crippen LogP contribution in [0.1, 0.15) is 62.9 Å². The molecule has 0 amide bonds. The summed E-state index contributed by atoms with van der Waals surface area (Å²) < 4.78 is 47.3. The van der Waals surface area contributed by atoms with Gasteiger partial charge < -0.3 is 24.3 Å². The van der Waals surface area contributed by atoms with E-state index in [1.54, 1.807) is 18.4 Å². The predicted molar refractivity (Wildman–Crippen MR) is 157 cm³/mol. The molecule has 42 heavy (non-hydrogen) atoms. The summed E-state index contributed by atoms with van der Waals surface area (Å²) >= 11 is 0. The molecule has 0 unspecified atom stereocenters. The minimum atomic E-state index is -4.20. The number of aromatic nitrogens is 4. The van der Waals surface area contributed by atoms with E-state index >= 15 is 0 Å². The molecule has 224 valence electrons. The number of aromatic hydroxyl groups is 1. The first-order valence-electron chi connectivity index (χ1n) is 13.9. The fourth-order valence-corrected chi connectivity index (χ4v) is 6.56. The molecule has 1 fully saturated rings. The van der Waals surface area contributed by atoms with Crippen LogP contribution in [0.25, 0.3) is 16.9 Å². The zero-order valence-corrected chi connectivity index (χ0v) is 24.9. The first kappa shape index (κ1) is 29.2. The molecule has 0 atom stereocenters. The summed E-state index contributed by atoms with van der Waals surface area (Å²) in [5, 5.41) is 15.2. The van der Waals surface area contributed by atoms with E-state index in [1.165, 1.54) is 57.4 Å². The number of nitrogens with zero attached hydrogens (tertiary/aromatic N) is 3. The zero-order chi connectivity index (χ0) is 30.0. The van der Waals surface area contributed by atoms with Gasteiger partial charge >= 0.3 is 0 Å². The number of hydrogen-bond acceptors (Lipinski definition) is 9. The standard InChI is InChI=1S/C29H35N5O7S/c1-5-41-22-14-12-19(42(37,38)33-21-13-15-23(39-3)25(35)26(21)40-4)16-20(22)27-31-29(36)24-17(2)30-28(34(24)32-27)18-10-8-6-7-9-11-18/h12-16,18,33,35H,5-11H2,1-4H3,(H,31,32,36). The third-order valence-electron chi connectivity index (χ3n) is 7.50. The zero-order valence-electron chi connectivity index (χ0n) is 24.1. The van der Waals surface area contributed by atoms with Crippen molar-refractivity contribution in [2.45, 2.75) is 63.2 Å². The van der Waals surface area contributed by atoms with Crippen LogP contribution in [-0.2, 0) is 10.0 Å². The third-order valence-corrected chi connectivity index (χ3v) is 8.86. The maximum absolute atomic E-state index is 13.5. The van der Waals surface area contributed by atoms with E-state index in [-0.39, 0.29) is 45.1 Å². The Kier molecular flexibility index (Phi) is 8.30. The van der Waals surface area contributed by atoms with Crippen molar-refractivity contribution in [3.05, 3.63) is 52.2 Å². The summed E-state index contributed by atoms with van der Waals surface area (Å²) in [7, 11) is -1.52. The predicted octanol–water partition coefficient (Wildman–Crippen LogP) is 4.75. The lowest BCUT2D eigenvalue weighted by Crippen LogP contribution is -2.17. The first-order chi connectivity index (χ1) is 20.2. The van der Waals surface area contributed by atoms with Gasteiger partial charge in [-0.25, -0.2) is 17.9 Å². The Morgan fingerprint density at radius 3 is 2.45 bits per heavy atom. The van der Waals surface area contributed by atoms with Crippen LogP contribution in [0.2, 0.25) is 0 Å². The van der Waals surface area contributed by atoms with Gasteiger partial charge in [0.25, 0.3) is 15.6 Å². The molecule has 2 aromatic heterocycles. The van der Waals surface area contributed by atoms with Gasteiger partial charge in [-0.05, 0) is 57.0 Å². The maximum Gasteiger partial charge on any atom is 0.277 e. The lowest BCUT2D eigenvalue weighted by molar-refractivity contribution is 0.341. The summed E-state index contributed by atoms with van der Waals surface area (Å²) in [6.45, 7) is 3.91. The second kappa shape index (κ2) is 11.9. The summed E-state index contributed by atoms with van der Waals surface area (Å²) in [6, 6.07) is 7.14. The fourth-order valence-electron chi connectivity index (χ4n) is 5.47. The van der Waals surface area contributed by atoms with Crippen LogP contribution < -0.4 is 24.5 Å². The second-order valence-corrected chi connectivity index (χ2v) is 11.9. The summed E-state index contributed by atoms with van der Waals surface area (Å²) in [6.07, 6.45) is 6.46. The average molecular weight is 598 g/mol. The minimum Gasteiger partial charge on any atom is -0.502 e. The van der Waals surface area contributed by atoms with E-state index in [1.807, 2.05) is 0 Å². The molecular formula is C29H35N5O7S. The van der Waals surface area contributed by atoms with E-state index in [0.29, 0.717) is 29.1 Å². The molecule has 0 spiro atoms. The normalized spacial score (nSPS) is 14.5. The number of methoxy groups -OCH3 is 2. The number of nitrogens with one attached hydrogen (secondary N) is 2. The Balaban J connectivity index is 1.61. The smallest absolute Gasteiger partial charge is 0.277 e. The van der Waals surface area contributed by atoms with E-state index in [0.717, 1.165) is 31.5 Å². The molecule has 3 N–H and O–H groups in total. The molecule has 1 saturated carbocycles. The Labute approximate surface area is 243 Å². The number of phenolic OH excluding ortho intramolecular Hbond substituents is 1. The molecular weight excluding hydrogens is 562 g/mol. The lowest BCUT2D eigenvalue weighted by Gasteiger charge is -2.16. The van der Waals surface area contributed by atoms with Gasteiger partial charge in [0.15, 0.2) is 22.8 Å². The van der Waals surface area contributed by atoms with Gasteiger partial charge in [0.2, 0.25) is 5.75 Å². The number of phenols is 1. The van der Waals surface area contributed by atoms with Crippen molar-refractivity contribution in [2.24, 2.45) is 0 Å². The van der Waals surface area contributed by atoms with Crippen molar-refractivity contribution in [3.8, 4) is 34.4 Å². The Morgan fingerprint density at radius 2 is 1.79 bits per heavy atom. The number of benzene rings is 2. The maximum atomic E-state index is 13.5. The molecule has 1 aliphatic rings. The second-order valence-electron chi connectivity index (χ2n) is 10.2. The molecule has 5 rings (SSSR count). The van der Waals surface area contributed by atoms with Gasteiger partial charge in [-0.2, -0.15) is 0 Å². The van der Waals surface area contributed by atoms with Crippen molar-refractivity contribution >= 4 is 21.2 Å². The quantitative estimate of drug-likeness (QED) is 0.232. The number of rotatable bonds is 9. The first-order valence-corrected chi connectivity index (χ1v) is 15.4. The van der Waals surface area contributed by atoms with Gasteiger partial charge in [-0.1, -0.05) is 25.7 Å². The molecule has 4 aromatic rings. The number of aromatic amines is 1.